The summed E-state index contributed by atoms with van der Waals surface area (Å²) in [5, 5.41) is 3.31. The molecule has 0 spiro atoms. The zero-order chi connectivity index (χ0) is 13.8. The van der Waals surface area contributed by atoms with Gasteiger partial charge in [0.25, 0.3) is 0 Å². The Bertz CT molecular complexity index is 493. The first-order chi connectivity index (χ1) is 9.10. The molecule has 1 aliphatic rings. The summed E-state index contributed by atoms with van der Waals surface area (Å²) in [5.74, 6) is -0.492. The third kappa shape index (κ3) is 3.38. The molecule has 19 heavy (non-hydrogen) atoms. The molecule has 0 aromatic heterocycles. The van der Waals surface area contributed by atoms with E-state index >= 15 is 0 Å². The van der Waals surface area contributed by atoms with Crippen molar-refractivity contribution in [3.63, 3.8) is 0 Å². The van der Waals surface area contributed by atoms with Crippen molar-refractivity contribution < 1.29 is 14.3 Å². The van der Waals surface area contributed by atoms with Crippen LogP contribution < -0.4 is 5.32 Å². The van der Waals surface area contributed by atoms with E-state index in [-0.39, 0.29) is 17.9 Å². The number of anilines is 1. The molecule has 2 rings (SSSR count). The van der Waals surface area contributed by atoms with Crippen molar-refractivity contribution in [1.29, 1.82) is 0 Å². The SMILES string of the molecule is COC(=O)C1CCN(C(=O)Nc2cccc(Cl)c2)C1. The Morgan fingerprint density at radius 2 is 2.26 bits per heavy atom. The number of hydrogen-bond donors (Lipinski definition) is 1. The number of urea groups is 1. The normalized spacial score (nSPS) is 18.2. The van der Waals surface area contributed by atoms with Crippen molar-refractivity contribution in [3.8, 4) is 0 Å². The lowest BCUT2D eigenvalue weighted by atomic mass is 10.1. The molecule has 1 aliphatic heterocycles. The molecule has 1 aromatic rings. The third-order valence-corrected chi connectivity index (χ3v) is 3.32. The van der Waals surface area contributed by atoms with Gasteiger partial charge in [0.1, 0.15) is 0 Å². The molecule has 1 atom stereocenters. The lowest BCUT2D eigenvalue weighted by molar-refractivity contribution is -0.144. The fourth-order valence-electron chi connectivity index (χ4n) is 2.07. The van der Waals surface area contributed by atoms with Crippen LogP contribution in [-0.4, -0.2) is 37.1 Å². The van der Waals surface area contributed by atoms with E-state index in [1.165, 1.54) is 7.11 Å². The van der Waals surface area contributed by atoms with Crippen LogP contribution >= 0.6 is 11.6 Å². The molecule has 2 amide bonds. The van der Waals surface area contributed by atoms with Crippen molar-refractivity contribution in [1.82, 2.24) is 4.90 Å². The van der Waals surface area contributed by atoms with Crippen LogP contribution in [0.15, 0.2) is 24.3 Å². The van der Waals surface area contributed by atoms with Crippen molar-refractivity contribution in [2.45, 2.75) is 6.42 Å². The standard InChI is InChI=1S/C13H15ClN2O3/c1-19-12(17)9-5-6-16(8-9)13(18)15-11-4-2-3-10(14)7-11/h2-4,7,9H,5-6,8H2,1H3,(H,15,18). The van der Waals surface area contributed by atoms with Crippen LogP contribution in [0, 0.1) is 5.92 Å². The number of esters is 1. The Labute approximate surface area is 116 Å². The van der Waals surface area contributed by atoms with Crippen LogP contribution in [0.2, 0.25) is 5.02 Å². The summed E-state index contributed by atoms with van der Waals surface area (Å²) in [7, 11) is 1.36. The van der Waals surface area contributed by atoms with Crippen LogP contribution in [0.3, 0.4) is 0 Å². The average Bonchev–Trinajstić information content (AvgIpc) is 2.87. The molecule has 1 fully saturated rings. The van der Waals surface area contributed by atoms with Gasteiger partial charge in [0, 0.05) is 23.8 Å². The van der Waals surface area contributed by atoms with Gasteiger partial charge in [-0.3, -0.25) is 4.79 Å². The first-order valence-electron chi connectivity index (χ1n) is 5.99. The highest BCUT2D eigenvalue weighted by molar-refractivity contribution is 6.30. The van der Waals surface area contributed by atoms with Crippen LogP contribution in [0.25, 0.3) is 0 Å². The summed E-state index contributed by atoms with van der Waals surface area (Å²) in [5.41, 5.74) is 0.638. The van der Waals surface area contributed by atoms with E-state index in [9.17, 15) is 9.59 Å². The number of benzene rings is 1. The molecule has 6 heteroatoms. The molecule has 1 heterocycles. The number of rotatable bonds is 2. The van der Waals surface area contributed by atoms with Gasteiger partial charge in [0.2, 0.25) is 0 Å². The Morgan fingerprint density at radius 1 is 1.47 bits per heavy atom. The van der Waals surface area contributed by atoms with Gasteiger partial charge >= 0.3 is 12.0 Å². The Kier molecular flexibility index (Phi) is 4.27. The van der Waals surface area contributed by atoms with Gasteiger partial charge in [-0.1, -0.05) is 17.7 Å². The van der Waals surface area contributed by atoms with Gasteiger partial charge in [0.15, 0.2) is 0 Å². The number of hydrogen-bond acceptors (Lipinski definition) is 3. The zero-order valence-electron chi connectivity index (χ0n) is 10.6. The molecule has 0 saturated carbocycles. The van der Waals surface area contributed by atoms with E-state index in [0.717, 1.165) is 0 Å². The fraction of sp³-hybridized carbons (Fsp3) is 0.385. The predicted molar refractivity (Wildman–Crippen MR) is 72.2 cm³/mol. The summed E-state index contributed by atoms with van der Waals surface area (Å²) >= 11 is 5.85. The molecular weight excluding hydrogens is 268 g/mol. The van der Waals surface area contributed by atoms with Gasteiger partial charge in [0.05, 0.1) is 13.0 Å². The van der Waals surface area contributed by atoms with E-state index in [4.69, 9.17) is 11.6 Å². The van der Waals surface area contributed by atoms with E-state index < -0.39 is 0 Å². The van der Waals surface area contributed by atoms with Crippen molar-refractivity contribution in [2.75, 3.05) is 25.5 Å². The second-order valence-electron chi connectivity index (χ2n) is 4.40. The van der Waals surface area contributed by atoms with E-state index in [2.05, 4.69) is 10.1 Å². The van der Waals surface area contributed by atoms with Crippen LogP contribution in [0.5, 0.6) is 0 Å². The second kappa shape index (κ2) is 5.93. The zero-order valence-corrected chi connectivity index (χ0v) is 11.3. The molecule has 1 saturated heterocycles. The lowest BCUT2D eigenvalue weighted by Crippen LogP contribution is -2.33. The quantitative estimate of drug-likeness (QED) is 0.847. The fourth-order valence-corrected chi connectivity index (χ4v) is 2.26. The molecular formula is C13H15ClN2O3. The van der Waals surface area contributed by atoms with Gasteiger partial charge in [-0.2, -0.15) is 0 Å². The summed E-state index contributed by atoms with van der Waals surface area (Å²) in [6, 6.07) is 6.71. The minimum Gasteiger partial charge on any atom is -0.469 e. The highest BCUT2D eigenvalue weighted by atomic mass is 35.5. The number of halogens is 1. The maximum absolute atomic E-state index is 12.0. The number of methoxy groups -OCH3 is 1. The minimum atomic E-state index is -0.266. The van der Waals surface area contributed by atoms with Gasteiger partial charge in [-0.05, 0) is 24.6 Å². The van der Waals surface area contributed by atoms with Crippen molar-refractivity contribution >= 4 is 29.3 Å². The van der Waals surface area contributed by atoms with Crippen LogP contribution in [-0.2, 0) is 9.53 Å². The largest absolute Gasteiger partial charge is 0.469 e. The Morgan fingerprint density at radius 3 is 2.95 bits per heavy atom. The maximum atomic E-state index is 12.0. The van der Waals surface area contributed by atoms with Crippen molar-refractivity contribution in [3.05, 3.63) is 29.3 Å². The monoisotopic (exact) mass is 282 g/mol. The van der Waals surface area contributed by atoms with E-state index in [1.807, 2.05) is 0 Å². The minimum absolute atomic E-state index is 0.227. The van der Waals surface area contributed by atoms with Crippen molar-refractivity contribution in [2.24, 2.45) is 5.92 Å². The molecule has 1 aromatic carbocycles. The summed E-state index contributed by atoms with van der Waals surface area (Å²) in [6.07, 6.45) is 0.635. The number of amides is 2. The third-order valence-electron chi connectivity index (χ3n) is 3.09. The molecule has 0 aliphatic carbocycles. The Hall–Kier alpha value is -1.75. The predicted octanol–water partition coefficient (Wildman–Crippen LogP) is 2.37. The lowest BCUT2D eigenvalue weighted by Gasteiger charge is -2.17. The highest BCUT2D eigenvalue weighted by Gasteiger charge is 2.31. The van der Waals surface area contributed by atoms with E-state index in [0.29, 0.717) is 30.2 Å². The first-order valence-corrected chi connectivity index (χ1v) is 6.37. The number of ether oxygens (including phenoxy) is 1. The molecule has 1 unspecified atom stereocenters. The van der Waals surface area contributed by atoms with Gasteiger partial charge in [-0.15, -0.1) is 0 Å². The average molecular weight is 283 g/mol. The van der Waals surface area contributed by atoms with Crippen LogP contribution in [0.1, 0.15) is 6.42 Å². The maximum Gasteiger partial charge on any atom is 0.321 e. The molecule has 0 radical (unpaired) electrons. The molecule has 1 N–H and O–H groups in total. The number of nitrogens with zero attached hydrogens (tertiary/aromatic N) is 1. The summed E-state index contributed by atoms with van der Waals surface area (Å²) in [4.78, 5) is 25.0. The van der Waals surface area contributed by atoms with Crippen LogP contribution in [0.4, 0.5) is 10.5 Å². The second-order valence-corrected chi connectivity index (χ2v) is 4.83. The molecule has 102 valence electrons. The first kappa shape index (κ1) is 13.7. The van der Waals surface area contributed by atoms with Gasteiger partial charge < -0.3 is 15.0 Å². The number of nitrogens with one attached hydrogen (secondary N) is 1. The summed E-state index contributed by atoms with van der Waals surface area (Å²) < 4.78 is 4.68. The number of carbonyl (C=O) groups is 2. The topological polar surface area (TPSA) is 58.6 Å². The smallest absolute Gasteiger partial charge is 0.321 e. The summed E-state index contributed by atoms with van der Waals surface area (Å²) in [6.45, 7) is 0.936. The molecule has 5 nitrogen and oxygen atoms in total. The van der Waals surface area contributed by atoms with Gasteiger partial charge in [-0.25, -0.2) is 4.79 Å². The highest BCUT2D eigenvalue weighted by Crippen LogP contribution is 2.20. The number of carbonyl (C=O) groups excluding carboxylic acids is 2. The van der Waals surface area contributed by atoms with E-state index in [1.54, 1.807) is 29.2 Å². The molecule has 0 bridgehead atoms. The number of likely N-dealkylation sites (tertiary alicyclic amines) is 1. The Balaban J connectivity index is 1.93.